The Hall–Kier alpha value is -1.95. The number of anilines is 1. The molecule has 0 atom stereocenters. The van der Waals surface area contributed by atoms with Gasteiger partial charge in [-0.1, -0.05) is 6.08 Å². The van der Waals surface area contributed by atoms with Gasteiger partial charge in [-0.3, -0.25) is 9.97 Å². The molecule has 5 nitrogen and oxygen atoms in total. The van der Waals surface area contributed by atoms with Crippen LogP contribution in [0.25, 0.3) is 11.0 Å². The maximum absolute atomic E-state index is 11.6. The smallest absolute Gasteiger partial charge is 0.319 e. The van der Waals surface area contributed by atoms with Gasteiger partial charge in [0.05, 0.1) is 11.2 Å². The third-order valence-electron chi connectivity index (χ3n) is 2.20. The predicted molar refractivity (Wildman–Crippen MR) is 74.5 cm³/mol. The maximum Gasteiger partial charge on any atom is 0.319 e. The molecule has 0 bridgehead atoms. The SMILES string of the molecule is C=CCNC(=O)Nc1ccnc2cc(Br)cnc12. The molecule has 0 unspecified atom stereocenters. The fourth-order valence-corrected chi connectivity index (χ4v) is 1.76. The van der Waals surface area contributed by atoms with E-state index in [0.717, 1.165) is 4.47 Å². The number of urea groups is 1. The fraction of sp³-hybridized carbons (Fsp3) is 0.0833. The highest BCUT2D eigenvalue weighted by Crippen LogP contribution is 2.21. The Balaban J connectivity index is 2.28. The minimum absolute atomic E-state index is 0.299. The Bertz CT molecular complexity index is 600. The van der Waals surface area contributed by atoms with Crippen molar-refractivity contribution in [3.8, 4) is 0 Å². The minimum atomic E-state index is -0.299. The lowest BCUT2D eigenvalue weighted by Crippen LogP contribution is -2.28. The standard InChI is InChI=1S/C12H11BrN4O/c1-2-4-15-12(18)17-9-3-5-14-10-6-8(13)7-16-11(9)10/h2-3,5-7H,1,4H2,(H2,14,15,17,18). The molecule has 6 heteroatoms. The molecule has 18 heavy (non-hydrogen) atoms. The van der Waals surface area contributed by atoms with Gasteiger partial charge in [-0.2, -0.15) is 0 Å². The van der Waals surface area contributed by atoms with Crippen molar-refractivity contribution in [2.75, 3.05) is 11.9 Å². The predicted octanol–water partition coefficient (Wildman–Crippen LogP) is 2.70. The summed E-state index contributed by atoms with van der Waals surface area (Å²) in [6, 6.07) is 3.25. The summed E-state index contributed by atoms with van der Waals surface area (Å²) in [5, 5.41) is 5.35. The molecule has 0 fully saturated rings. The summed E-state index contributed by atoms with van der Waals surface area (Å²) in [4.78, 5) is 20.0. The molecule has 2 aromatic heterocycles. The number of fused-ring (bicyclic) bond motifs is 1. The largest absolute Gasteiger partial charge is 0.334 e. The van der Waals surface area contributed by atoms with Gasteiger partial charge in [-0.25, -0.2) is 4.79 Å². The summed E-state index contributed by atoms with van der Waals surface area (Å²) in [5.41, 5.74) is 1.98. The molecule has 2 amide bonds. The summed E-state index contributed by atoms with van der Waals surface area (Å²) in [7, 11) is 0. The molecule has 0 aliphatic rings. The van der Waals surface area contributed by atoms with E-state index in [4.69, 9.17) is 0 Å². The number of carbonyl (C=O) groups excluding carboxylic acids is 1. The zero-order chi connectivity index (χ0) is 13.0. The molecule has 2 aromatic rings. The molecule has 0 spiro atoms. The second-order valence-corrected chi connectivity index (χ2v) is 4.42. The lowest BCUT2D eigenvalue weighted by Gasteiger charge is -2.08. The molecule has 0 saturated carbocycles. The van der Waals surface area contributed by atoms with Gasteiger partial charge in [0.25, 0.3) is 0 Å². The van der Waals surface area contributed by atoms with Gasteiger partial charge >= 0.3 is 6.03 Å². The number of aromatic nitrogens is 2. The molecule has 0 saturated heterocycles. The Labute approximate surface area is 112 Å². The van der Waals surface area contributed by atoms with Gasteiger partial charge in [0.15, 0.2) is 0 Å². The van der Waals surface area contributed by atoms with E-state index >= 15 is 0 Å². The Morgan fingerprint density at radius 2 is 2.33 bits per heavy atom. The number of rotatable bonds is 3. The molecule has 0 aliphatic carbocycles. The third kappa shape index (κ3) is 2.84. The highest BCUT2D eigenvalue weighted by molar-refractivity contribution is 9.10. The number of nitrogens with zero attached hydrogens (tertiary/aromatic N) is 2. The van der Waals surface area contributed by atoms with Gasteiger partial charge in [-0.05, 0) is 28.1 Å². The summed E-state index contributed by atoms with van der Waals surface area (Å²) in [6.45, 7) is 3.94. The van der Waals surface area contributed by atoms with Crippen LogP contribution in [-0.2, 0) is 0 Å². The Morgan fingerprint density at radius 3 is 3.11 bits per heavy atom. The second-order valence-electron chi connectivity index (χ2n) is 3.50. The number of hydrogen-bond acceptors (Lipinski definition) is 3. The molecular weight excluding hydrogens is 296 g/mol. The van der Waals surface area contributed by atoms with E-state index in [2.05, 4.69) is 43.1 Å². The van der Waals surface area contributed by atoms with Crippen molar-refractivity contribution in [2.24, 2.45) is 0 Å². The van der Waals surface area contributed by atoms with E-state index in [0.29, 0.717) is 23.3 Å². The maximum atomic E-state index is 11.6. The second kappa shape index (κ2) is 5.59. The van der Waals surface area contributed by atoms with Crippen LogP contribution < -0.4 is 10.6 Å². The van der Waals surface area contributed by atoms with Crippen LogP contribution in [0.2, 0.25) is 0 Å². The van der Waals surface area contributed by atoms with Crippen molar-refractivity contribution in [1.29, 1.82) is 0 Å². The zero-order valence-electron chi connectivity index (χ0n) is 9.48. The summed E-state index contributed by atoms with van der Waals surface area (Å²) >= 11 is 3.33. The van der Waals surface area contributed by atoms with Crippen molar-refractivity contribution in [3.05, 3.63) is 41.7 Å². The average molecular weight is 307 g/mol. The normalized spacial score (nSPS) is 10.1. The number of carbonyl (C=O) groups is 1. The van der Waals surface area contributed by atoms with E-state index in [1.54, 1.807) is 24.5 Å². The first-order chi connectivity index (χ1) is 8.70. The number of pyridine rings is 2. The van der Waals surface area contributed by atoms with Crippen molar-refractivity contribution < 1.29 is 4.79 Å². The first kappa shape index (κ1) is 12.5. The van der Waals surface area contributed by atoms with E-state index in [9.17, 15) is 4.79 Å². The van der Waals surface area contributed by atoms with Crippen molar-refractivity contribution >= 4 is 38.7 Å². The molecule has 2 rings (SSSR count). The molecular formula is C12H11BrN4O. The third-order valence-corrected chi connectivity index (χ3v) is 2.63. The van der Waals surface area contributed by atoms with Gasteiger partial charge in [0.2, 0.25) is 0 Å². The van der Waals surface area contributed by atoms with Crippen molar-refractivity contribution in [2.45, 2.75) is 0 Å². The minimum Gasteiger partial charge on any atom is -0.334 e. The molecule has 0 radical (unpaired) electrons. The van der Waals surface area contributed by atoms with E-state index in [1.165, 1.54) is 0 Å². The molecule has 2 heterocycles. The number of halogens is 1. The van der Waals surface area contributed by atoms with Crippen LogP contribution in [0.3, 0.4) is 0 Å². The fourth-order valence-electron chi connectivity index (χ4n) is 1.44. The molecule has 0 aromatic carbocycles. The van der Waals surface area contributed by atoms with Crippen LogP contribution >= 0.6 is 15.9 Å². The van der Waals surface area contributed by atoms with Crippen molar-refractivity contribution in [3.63, 3.8) is 0 Å². The molecule has 2 N–H and O–H groups in total. The van der Waals surface area contributed by atoms with Crippen LogP contribution in [0.1, 0.15) is 0 Å². The lowest BCUT2D eigenvalue weighted by atomic mass is 10.3. The first-order valence-corrected chi connectivity index (χ1v) is 6.06. The Morgan fingerprint density at radius 1 is 1.50 bits per heavy atom. The zero-order valence-corrected chi connectivity index (χ0v) is 11.1. The monoisotopic (exact) mass is 306 g/mol. The number of hydrogen-bond donors (Lipinski definition) is 2. The summed E-state index contributed by atoms with van der Waals surface area (Å²) in [6.07, 6.45) is 4.90. The van der Waals surface area contributed by atoms with Crippen LogP contribution in [0.4, 0.5) is 10.5 Å². The average Bonchev–Trinajstić information content (AvgIpc) is 2.36. The van der Waals surface area contributed by atoms with Gasteiger partial charge in [0.1, 0.15) is 5.52 Å². The number of amides is 2. The summed E-state index contributed by atoms with van der Waals surface area (Å²) in [5.74, 6) is 0. The van der Waals surface area contributed by atoms with Gasteiger partial charge in [0, 0.05) is 23.4 Å². The van der Waals surface area contributed by atoms with E-state index < -0.39 is 0 Å². The molecule has 0 aliphatic heterocycles. The highest BCUT2D eigenvalue weighted by atomic mass is 79.9. The van der Waals surface area contributed by atoms with Gasteiger partial charge in [-0.15, -0.1) is 6.58 Å². The Kier molecular flexibility index (Phi) is 3.88. The lowest BCUT2D eigenvalue weighted by molar-refractivity contribution is 0.253. The van der Waals surface area contributed by atoms with Gasteiger partial charge < -0.3 is 10.6 Å². The van der Waals surface area contributed by atoms with Crippen LogP contribution in [0.15, 0.2) is 41.7 Å². The number of nitrogens with one attached hydrogen (secondary N) is 2. The van der Waals surface area contributed by atoms with Crippen LogP contribution in [0.5, 0.6) is 0 Å². The van der Waals surface area contributed by atoms with Crippen LogP contribution in [0, 0.1) is 0 Å². The van der Waals surface area contributed by atoms with Crippen molar-refractivity contribution in [1.82, 2.24) is 15.3 Å². The first-order valence-electron chi connectivity index (χ1n) is 5.26. The van der Waals surface area contributed by atoms with E-state index in [1.807, 2.05) is 6.07 Å². The highest BCUT2D eigenvalue weighted by Gasteiger charge is 2.06. The van der Waals surface area contributed by atoms with E-state index in [-0.39, 0.29) is 6.03 Å². The summed E-state index contributed by atoms with van der Waals surface area (Å²) < 4.78 is 0.843. The topological polar surface area (TPSA) is 66.9 Å². The van der Waals surface area contributed by atoms with Crippen LogP contribution in [-0.4, -0.2) is 22.5 Å². The quantitative estimate of drug-likeness (QED) is 0.857. The molecule has 92 valence electrons.